The van der Waals surface area contributed by atoms with E-state index in [0.29, 0.717) is 64.2 Å². The highest BCUT2D eigenvalue weighted by atomic mass is 31.2. The Balaban J connectivity index is 5.54. The lowest BCUT2D eigenvalue weighted by atomic mass is 10.1. The maximum absolute atomic E-state index is 13.3. The lowest BCUT2D eigenvalue weighted by Crippen LogP contribution is -2.41. The molecule has 109 heavy (non-hydrogen) atoms. The van der Waals surface area contributed by atoms with E-state index in [1.54, 1.807) is 0 Å². The molecule has 0 aliphatic heterocycles. The molecule has 0 aromatic rings. The molecule has 640 valence electrons. The molecule has 7 N–H and O–H groups in total. The van der Waals surface area contributed by atoms with Crippen molar-refractivity contribution in [1.82, 2.24) is 21.3 Å². The Morgan fingerprint density at radius 1 is 0.349 bits per heavy atom. The number of carbonyl (C=O) groups excluding carboxylic acids is 6. The van der Waals surface area contributed by atoms with E-state index >= 15 is 0 Å². The number of allylic oxidation sites excluding steroid dienone is 4. The van der Waals surface area contributed by atoms with Crippen LogP contribution in [0.3, 0.4) is 0 Å². The van der Waals surface area contributed by atoms with Crippen LogP contribution in [0.1, 0.15) is 395 Å². The highest BCUT2D eigenvalue weighted by Crippen LogP contribution is 2.52. The average Bonchev–Trinajstić information content (AvgIpc) is 0.933. The summed E-state index contributed by atoms with van der Waals surface area (Å²) >= 11 is 0. The first-order chi connectivity index (χ1) is 52.9. The van der Waals surface area contributed by atoms with Crippen molar-refractivity contribution in [2.75, 3.05) is 65.9 Å². The SMILES string of the molecule is CCCCCCC=CCCCC(=O)OC(CCCCCCC)CCOCC(COP(=O)(O)OCCNC(=O)CC(=O)NCCO[P+](O)(O)OCC(COCCC(CCCCCCC)OC(=O)CCCC=CCCCCCC)NC(=O)CCCCCCCCCCCCC)NC(=O)CCCCCCCCCCCCC. The molecule has 5 atom stereocenters. The number of phosphoric ester groups is 1. The van der Waals surface area contributed by atoms with Gasteiger partial charge in [-0.1, -0.05) is 284 Å². The summed E-state index contributed by atoms with van der Waals surface area (Å²) in [6.45, 7) is 11.4. The van der Waals surface area contributed by atoms with Gasteiger partial charge in [0, 0.05) is 51.6 Å². The van der Waals surface area contributed by atoms with Crippen molar-refractivity contribution < 1.29 is 85.1 Å². The van der Waals surface area contributed by atoms with Crippen LogP contribution < -0.4 is 21.3 Å². The van der Waals surface area contributed by atoms with Crippen LogP contribution in [0, 0.1) is 0 Å². The van der Waals surface area contributed by atoms with Crippen LogP contribution >= 0.6 is 16.0 Å². The van der Waals surface area contributed by atoms with Gasteiger partial charge in [0.2, 0.25) is 23.6 Å². The van der Waals surface area contributed by atoms with E-state index in [4.69, 9.17) is 37.0 Å². The fourth-order valence-corrected chi connectivity index (χ4v) is 14.2. The van der Waals surface area contributed by atoms with Crippen molar-refractivity contribution in [2.45, 2.75) is 419 Å². The zero-order valence-corrected chi connectivity index (χ0v) is 71.7. The Morgan fingerprint density at radius 2 is 0.679 bits per heavy atom. The molecule has 0 radical (unpaired) electrons. The Hall–Kier alpha value is -3.40. The third-order valence-electron chi connectivity index (χ3n) is 19.3. The van der Waals surface area contributed by atoms with Crippen molar-refractivity contribution in [3.8, 4) is 0 Å². The molecule has 5 unspecified atom stereocenters. The minimum Gasteiger partial charge on any atom is -0.462 e. The first-order valence-corrected chi connectivity index (χ1v) is 47.2. The maximum Gasteiger partial charge on any atom is 0.570 e. The van der Waals surface area contributed by atoms with Crippen LogP contribution in [0.5, 0.6) is 0 Å². The Morgan fingerprint density at radius 3 is 1.06 bits per heavy atom. The zero-order valence-electron chi connectivity index (χ0n) is 69.9. The van der Waals surface area contributed by atoms with Crippen LogP contribution in [0.2, 0.25) is 0 Å². The standard InChI is InChI=1S/C85H162N4O18P2/c1-7-13-19-25-29-33-35-39-41-47-53-59-80(90)88-76(72-100-67-63-78(57-51-45-23-17-11-5)106-84(94)61-55-49-43-37-31-27-21-15-9-3)74-104-108(96,97)102-69-65-86-82(92)71-83(93)87-66-70-103-109(98,99)105-75-77(89-81(91)60-54-48-42-40-36-34-30-26-20-14-8-2)73-101-68-64-79(58-52-46-24-18-12-6)107-85(95)62-56-50-44-38-32-28-22-16-10-4/h37-38,43-44,76-79,96-97H,7-36,39-42,45-75H2,1-6H3,(H4-,86,87,88,89,90,91,92,93,98,99)/p+1. The smallest absolute Gasteiger partial charge is 0.462 e. The number of esters is 2. The number of nitrogens with one attached hydrogen (secondary N) is 4. The molecule has 0 rings (SSSR count). The van der Waals surface area contributed by atoms with Gasteiger partial charge >= 0.3 is 27.9 Å². The molecule has 0 aromatic carbocycles. The number of unbranched alkanes of at least 4 members (excludes halogenated alkanes) is 38. The van der Waals surface area contributed by atoms with E-state index in [9.17, 15) is 48.0 Å². The van der Waals surface area contributed by atoms with Gasteiger partial charge in [0.05, 0.1) is 51.7 Å². The van der Waals surface area contributed by atoms with Gasteiger partial charge < -0.3 is 45.1 Å². The summed E-state index contributed by atoms with van der Waals surface area (Å²) in [5.74, 6) is -2.39. The number of ether oxygens (including phenoxy) is 4. The van der Waals surface area contributed by atoms with Gasteiger partial charge in [-0.15, -0.1) is 0 Å². The van der Waals surface area contributed by atoms with Gasteiger partial charge in [-0.2, -0.15) is 18.8 Å². The zero-order chi connectivity index (χ0) is 80.0. The van der Waals surface area contributed by atoms with Crippen molar-refractivity contribution in [3.63, 3.8) is 0 Å². The number of hydrogen-bond donors (Lipinski definition) is 7. The highest BCUT2D eigenvalue weighted by Gasteiger charge is 2.40. The second kappa shape index (κ2) is 78.5. The molecule has 0 fully saturated rings. The second-order valence-corrected chi connectivity index (χ2v) is 32.9. The molecule has 0 aromatic heterocycles. The number of phosphoric acid groups is 1. The van der Waals surface area contributed by atoms with Crippen LogP contribution in [0.15, 0.2) is 24.3 Å². The summed E-state index contributed by atoms with van der Waals surface area (Å²) < 4.78 is 58.5. The molecule has 0 spiro atoms. The summed E-state index contributed by atoms with van der Waals surface area (Å²) in [4.78, 5) is 110. The minimum atomic E-state index is -4.73. The molecule has 0 bridgehead atoms. The van der Waals surface area contributed by atoms with E-state index in [-0.39, 0.29) is 94.9 Å². The Bertz CT molecular complexity index is 2250. The van der Waals surface area contributed by atoms with Crippen molar-refractivity contribution >= 4 is 51.6 Å². The minimum absolute atomic E-state index is 0.0257. The highest BCUT2D eigenvalue weighted by molar-refractivity contribution is 7.54. The predicted molar refractivity (Wildman–Crippen MR) is 443 cm³/mol. The van der Waals surface area contributed by atoms with Gasteiger partial charge in [0.25, 0.3) is 0 Å². The normalized spacial score (nSPS) is 13.5. The number of hydrogen-bond acceptors (Lipinski definition) is 17. The van der Waals surface area contributed by atoms with Gasteiger partial charge in [-0.25, -0.2) is 4.57 Å². The molecule has 24 heteroatoms. The van der Waals surface area contributed by atoms with E-state index < -0.39 is 66.1 Å². The molecular formula is C85H163N4O18P2+. The van der Waals surface area contributed by atoms with Crippen molar-refractivity contribution in [2.24, 2.45) is 0 Å². The van der Waals surface area contributed by atoms with Crippen LogP contribution in [-0.4, -0.2) is 140 Å². The van der Waals surface area contributed by atoms with Crippen LogP contribution in [-0.2, 0) is 70.4 Å². The summed E-state index contributed by atoms with van der Waals surface area (Å²) in [5, 5.41) is 10.8. The van der Waals surface area contributed by atoms with Crippen molar-refractivity contribution in [1.29, 1.82) is 0 Å². The van der Waals surface area contributed by atoms with Crippen LogP contribution in [0.4, 0.5) is 0 Å². The maximum atomic E-state index is 13.3. The van der Waals surface area contributed by atoms with Crippen LogP contribution in [0.25, 0.3) is 0 Å². The fourth-order valence-electron chi connectivity index (χ4n) is 12.6. The van der Waals surface area contributed by atoms with Gasteiger partial charge in [-0.3, -0.25) is 37.8 Å². The van der Waals surface area contributed by atoms with E-state index in [0.717, 1.165) is 128 Å². The largest absolute Gasteiger partial charge is 0.570 e. The van der Waals surface area contributed by atoms with Gasteiger partial charge in [0.1, 0.15) is 31.8 Å². The monoisotopic (exact) mass is 1590 g/mol. The molecule has 0 aliphatic rings. The molecule has 22 nitrogen and oxygen atoms in total. The van der Waals surface area contributed by atoms with Gasteiger partial charge in [-0.05, 0) is 89.9 Å². The average molecular weight is 1590 g/mol. The number of rotatable bonds is 84. The quantitative estimate of drug-likeness (QED) is 0.00978. The van der Waals surface area contributed by atoms with E-state index in [1.165, 1.54) is 141 Å². The number of amides is 4. The van der Waals surface area contributed by atoms with Crippen molar-refractivity contribution in [3.05, 3.63) is 24.3 Å². The molecule has 0 saturated heterocycles. The third kappa shape index (κ3) is 75.7. The van der Waals surface area contributed by atoms with E-state index in [2.05, 4.69) is 87.1 Å². The lowest BCUT2D eigenvalue weighted by molar-refractivity contribution is -0.151. The summed E-state index contributed by atoms with van der Waals surface area (Å²) in [5.41, 5.74) is 0. The third-order valence-corrected chi connectivity index (χ3v) is 21.2. The Kier molecular flexibility index (Phi) is 76.0. The summed E-state index contributed by atoms with van der Waals surface area (Å²) in [6.07, 6.45) is 61.6. The first kappa shape index (κ1) is 106. The first-order valence-electron chi connectivity index (χ1n) is 44.1. The molecule has 0 aliphatic carbocycles. The summed E-state index contributed by atoms with van der Waals surface area (Å²) in [7, 11) is -9.22. The predicted octanol–water partition coefficient (Wildman–Crippen LogP) is 20.6. The lowest BCUT2D eigenvalue weighted by Gasteiger charge is -2.22. The summed E-state index contributed by atoms with van der Waals surface area (Å²) in [6, 6.07) is -1.61. The topological polar surface area (TPSA) is 302 Å². The molecule has 4 amide bonds. The number of carbonyl (C=O) groups is 6. The molecular weight excluding hydrogens is 1430 g/mol. The Labute approximate surface area is 663 Å². The second-order valence-electron chi connectivity index (χ2n) is 30.0. The van der Waals surface area contributed by atoms with E-state index in [1.807, 2.05) is 0 Å². The molecule has 0 saturated carbocycles. The van der Waals surface area contributed by atoms with Gasteiger partial charge in [0.15, 0.2) is 0 Å². The fraction of sp³-hybridized carbons (Fsp3) is 0.882. The molecule has 0 heterocycles.